The first-order valence-corrected chi connectivity index (χ1v) is 35.0. The number of rotatable bonds is 63. The summed E-state index contributed by atoms with van der Waals surface area (Å²) in [6.07, 6.45) is 98.3. The lowest BCUT2D eigenvalue weighted by atomic mass is 10.0. The van der Waals surface area contributed by atoms with Gasteiger partial charge in [-0.25, -0.2) is 0 Å². The van der Waals surface area contributed by atoms with Gasteiger partial charge in [-0.2, -0.15) is 0 Å². The molecule has 0 aliphatic rings. The maximum absolute atomic E-state index is 12.9. The first kappa shape index (κ1) is 78.8. The molecule has 6 nitrogen and oxygen atoms in total. The Morgan fingerprint density at radius 3 is 0.759 bits per heavy atom. The van der Waals surface area contributed by atoms with Crippen molar-refractivity contribution in [3.05, 3.63) is 122 Å². The molecule has 0 rings (SSSR count). The van der Waals surface area contributed by atoms with Gasteiger partial charge in [0.25, 0.3) is 0 Å². The zero-order valence-corrected chi connectivity index (χ0v) is 54.4. The molecular formula is C77H130O6. The van der Waals surface area contributed by atoms with Crippen molar-refractivity contribution in [1.82, 2.24) is 0 Å². The summed E-state index contributed by atoms with van der Waals surface area (Å²) in [6, 6.07) is 0. The fourth-order valence-corrected chi connectivity index (χ4v) is 9.75. The monoisotopic (exact) mass is 1150 g/mol. The van der Waals surface area contributed by atoms with Crippen LogP contribution in [0.1, 0.15) is 329 Å². The van der Waals surface area contributed by atoms with Gasteiger partial charge in [0, 0.05) is 19.3 Å². The van der Waals surface area contributed by atoms with Gasteiger partial charge in [-0.3, -0.25) is 14.4 Å². The second kappa shape index (κ2) is 70.3. The molecule has 6 heteroatoms. The molecule has 0 aromatic rings. The number of hydrogen-bond donors (Lipinski definition) is 0. The molecule has 0 bridgehead atoms. The van der Waals surface area contributed by atoms with Crippen molar-refractivity contribution in [3.63, 3.8) is 0 Å². The van der Waals surface area contributed by atoms with Gasteiger partial charge in [0.05, 0.1) is 0 Å². The molecule has 0 aliphatic heterocycles. The van der Waals surface area contributed by atoms with Crippen molar-refractivity contribution in [2.45, 2.75) is 335 Å². The maximum Gasteiger partial charge on any atom is 0.306 e. The molecule has 0 radical (unpaired) electrons. The Hall–Kier alpha value is -4.19. The highest BCUT2D eigenvalue weighted by Crippen LogP contribution is 2.17. The van der Waals surface area contributed by atoms with Crippen LogP contribution in [0.25, 0.3) is 0 Å². The van der Waals surface area contributed by atoms with Gasteiger partial charge in [-0.15, -0.1) is 0 Å². The summed E-state index contributed by atoms with van der Waals surface area (Å²) < 4.78 is 16.9. The van der Waals surface area contributed by atoms with Gasteiger partial charge in [0.15, 0.2) is 6.10 Å². The van der Waals surface area contributed by atoms with E-state index in [1.807, 2.05) is 0 Å². The van der Waals surface area contributed by atoms with Gasteiger partial charge >= 0.3 is 17.9 Å². The van der Waals surface area contributed by atoms with Crippen molar-refractivity contribution < 1.29 is 28.6 Å². The van der Waals surface area contributed by atoms with E-state index in [1.54, 1.807) is 0 Å². The van der Waals surface area contributed by atoms with E-state index in [1.165, 1.54) is 173 Å². The van der Waals surface area contributed by atoms with Crippen LogP contribution in [0.4, 0.5) is 0 Å². The van der Waals surface area contributed by atoms with Crippen LogP contribution in [0.5, 0.6) is 0 Å². The average molecular weight is 1150 g/mol. The first-order valence-electron chi connectivity index (χ1n) is 35.0. The fraction of sp³-hybridized carbons (Fsp3) is 0.701. The largest absolute Gasteiger partial charge is 0.462 e. The lowest BCUT2D eigenvalue weighted by Crippen LogP contribution is -2.30. The molecule has 0 aromatic heterocycles. The summed E-state index contributed by atoms with van der Waals surface area (Å²) in [5.74, 6) is -0.986. The van der Waals surface area contributed by atoms with Crippen LogP contribution in [0, 0.1) is 0 Å². The van der Waals surface area contributed by atoms with Crippen LogP contribution in [0.2, 0.25) is 0 Å². The Kier molecular flexibility index (Phi) is 66.7. The summed E-state index contributed by atoms with van der Waals surface area (Å²) in [4.78, 5) is 38.3. The van der Waals surface area contributed by atoms with Gasteiger partial charge in [-0.1, -0.05) is 303 Å². The minimum absolute atomic E-state index is 0.108. The molecule has 474 valence electrons. The molecule has 1 unspecified atom stereocenters. The Morgan fingerprint density at radius 1 is 0.253 bits per heavy atom. The predicted octanol–water partition coefficient (Wildman–Crippen LogP) is 24.3. The van der Waals surface area contributed by atoms with E-state index in [2.05, 4.69) is 142 Å². The minimum Gasteiger partial charge on any atom is -0.462 e. The number of carbonyl (C=O) groups is 3. The standard InChI is InChI=1S/C77H130O6/c1-4-7-10-13-16-19-22-25-28-29-30-31-32-33-34-35-36-37-38-39-40-41-42-43-44-45-46-47-50-52-55-58-61-64-67-70-76(79)82-73-74(83-77(80)71-68-65-62-59-56-53-49-27-24-21-18-15-12-9-6-3)72-81-75(78)69-66-63-60-57-54-51-48-26-23-20-17-14-11-8-5-2/h8-9,11-12,17-18,20-22,25-27,29-30,48-49,54,56-57,59,74H,4-7,10,13-16,19,23-24,28,31-47,50-53,55,58,60-73H2,1-3H3/b11-8-,12-9-,20-17-,21-18-,25-22-,30-29-,48-26-,49-27-,57-54-,59-56-. The van der Waals surface area contributed by atoms with Gasteiger partial charge < -0.3 is 14.2 Å². The van der Waals surface area contributed by atoms with E-state index in [9.17, 15) is 14.4 Å². The SMILES string of the molecule is CC/C=C\C/C=C\C/C=C\C/C=C\CCCCC(=O)OCC(COC(=O)CCCCCCCCCCCCCCCCCCCCCCCCC/C=C\C/C=C\CCCCCCC)OC(=O)CCCC/C=C\C/C=C\C/C=C\C/C=C\CC. The topological polar surface area (TPSA) is 78.9 Å². The van der Waals surface area contributed by atoms with E-state index in [-0.39, 0.29) is 37.5 Å². The maximum atomic E-state index is 12.9. The predicted molar refractivity (Wildman–Crippen MR) is 362 cm³/mol. The Bertz CT molecular complexity index is 1700. The van der Waals surface area contributed by atoms with E-state index in [0.717, 1.165) is 103 Å². The highest BCUT2D eigenvalue weighted by Gasteiger charge is 2.19. The molecule has 1 atom stereocenters. The van der Waals surface area contributed by atoms with E-state index >= 15 is 0 Å². The van der Waals surface area contributed by atoms with Crippen molar-refractivity contribution in [2.75, 3.05) is 13.2 Å². The fourth-order valence-electron chi connectivity index (χ4n) is 9.75. The molecule has 0 amide bonds. The van der Waals surface area contributed by atoms with Crippen LogP contribution < -0.4 is 0 Å². The number of unbranched alkanes of at least 4 members (excludes halogenated alkanes) is 32. The molecule has 0 saturated heterocycles. The zero-order chi connectivity index (χ0) is 59.9. The minimum atomic E-state index is -0.820. The number of esters is 3. The van der Waals surface area contributed by atoms with Gasteiger partial charge in [-0.05, 0) is 128 Å². The van der Waals surface area contributed by atoms with E-state index in [4.69, 9.17) is 14.2 Å². The van der Waals surface area contributed by atoms with Crippen molar-refractivity contribution in [3.8, 4) is 0 Å². The molecule has 0 N–H and O–H groups in total. The van der Waals surface area contributed by atoms with E-state index < -0.39 is 6.10 Å². The Morgan fingerprint density at radius 2 is 0.470 bits per heavy atom. The van der Waals surface area contributed by atoms with Crippen LogP contribution >= 0.6 is 0 Å². The van der Waals surface area contributed by atoms with Crippen molar-refractivity contribution in [1.29, 1.82) is 0 Å². The lowest BCUT2D eigenvalue weighted by molar-refractivity contribution is -0.167. The van der Waals surface area contributed by atoms with Crippen LogP contribution in [0.15, 0.2) is 122 Å². The summed E-state index contributed by atoms with van der Waals surface area (Å²) >= 11 is 0. The quantitative estimate of drug-likeness (QED) is 0.0261. The van der Waals surface area contributed by atoms with Crippen molar-refractivity contribution >= 4 is 17.9 Å². The summed E-state index contributed by atoms with van der Waals surface area (Å²) in [5.41, 5.74) is 0. The summed E-state index contributed by atoms with van der Waals surface area (Å²) in [6.45, 7) is 6.35. The molecular weight excluding hydrogens is 1020 g/mol. The van der Waals surface area contributed by atoms with Crippen LogP contribution in [-0.4, -0.2) is 37.2 Å². The second-order valence-corrected chi connectivity index (χ2v) is 23.0. The Labute approximate surface area is 513 Å². The van der Waals surface area contributed by atoms with Gasteiger partial charge in [0.1, 0.15) is 13.2 Å². The van der Waals surface area contributed by atoms with E-state index in [0.29, 0.717) is 25.7 Å². The van der Waals surface area contributed by atoms with Crippen LogP contribution in [-0.2, 0) is 28.6 Å². The third-order valence-electron chi connectivity index (χ3n) is 14.9. The number of carbonyl (C=O) groups excluding carboxylic acids is 3. The summed E-state index contributed by atoms with van der Waals surface area (Å²) in [5, 5.41) is 0. The second-order valence-electron chi connectivity index (χ2n) is 23.0. The molecule has 0 spiro atoms. The zero-order valence-electron chi connectivity index (χ0n) is 54.4. The van der Waals surface area contributed by atoms with Gasteiger partial charge in [0.2, 0.25) is 0 Å². The molecule has 83 heavy (non-hydrogen) atoms. The molecule has 0 fully saturated rings. The molecule has 0 saturated carbocycles. The third kappa shape index (κ3) is 68.5. The molecule has 0 aliphatic carbocycles. The molecule has 0 aromatic carbocycles. The molecule has 0 heterocycles. The summed E-state index contributed by atoms with van der Waals surface area (Å²) in [7, 11) is 0. The number of allylic oxidation sites excluding steroid dienone is 20. The Balaban J connectivity index is 4.17. The third-order valence-corrected chi connectivity index (χ3v) is 14.9. The highest BCUT2D eigenvalue weighted by molar-refractivity contribution is 5.71. The number of hydrogen-bond acceptors (Lipinski definition) is 6. The highest BCUT2D eigenvalue weighted by atomic mass is 16.6. The van der Waals surface area contributed by atoms with Crippen molar-refractivity contribution in [2.24, 2.45) is 0 Å². The van der Waals surface area contributed by atoms with Crippen LogP contribution in [0.3, 0.4) is 0 Å². The number of ether oxygens (including phenoxy) is 3. The lowest BCUT2D eigenvalue weighted by Gasteiger charge is -2.18. The normalized spacial score (nSPS) is 12.9. The smallest absolute Gasteiger partial charge is 0.306 e. The first-order chi connectivity index (χ1) is 41.0. The average Bonchev–Trinajstić information content (AvgIpc) is 3.49.